The molecule has 1 amide bonds. The van der Waals surface area contributed by atoms with Crippen molar-refractivity contribution in [2.24, 2.45) is 0 Å². The molecule has 0 aliphatic carbocycles. The molecule has 0 aliphatic rings. The predicted molar refractivity (Wildman–Crippen MR) is 72.4 cm³/mol. The maximum Gasteiger partial charge on any atom is 0.257 e. The highest BCUT2D eigenvalue weighted by molar-refractivity contribution is 5.77. The smallest absolute Gasteiger partial charge is 0.257 e. The van der Waals surface area contributed by atoms with Gasteiger partial charge in [-0.05, 0) is 25.5 Å². The Morgan fingerprint density at radius 2 is 2.21 bits per heavy atom. The van der Waals surface area contributed by atoms with Crippen molar-refractivity contribution in [3.8, 4) is 11.5 Å². The van der Waals surface area contributed by atoms with Gasteiger partial charge in [-0.25, -0.2) is 0 Å². The number of hydrogen-bond donors (Lipinski definition) is 2. The number of rotatable bonds is 7. The molecule has 0 fully saturated rings. The normalized spacial score (nSPS) is 11.8. The summed E-state index contributed by atoms with van der Waals surface area (Å²) in [5.41, 5.74) is 0.629. The number of aliphatic hydroxyl groups excluding tert-OH is 1. The van der Waals surface area contributed by atoms with E-state index < -0.39 is 6.10 Å². The van der Waals surface area contributed by atoms with Crippen LogP contribution in [0.3, 0.4) is 0 Å². The minimum atomic E-state index is -0.667. The fourth-order valence-electron chi connectivity index (χ4n) is 1.57. The molecule has 0 radical (unpaired) electrons. The Morgan fingerprint density at radius 1 is 1.47 bits per heavy atom. The maximum atomic E-state index is 11.5. The Kier molecular flexibility index (Phi) is 6.15. The maximum absolute atomic E-state index is 11.5. The van der Waals surface area contributed by atoms with Crippen molar-refractivity contribution in [2.45, 2.75) is 26.4 Å². The van der Waals surface area contributed by atoms with Crippen LogP contribution in [0.2, 0.25) is 0 Å². The molecule has 0 spiro atoms. The quantitative estimate of drug-likeness (QED) is 0.788. The molecule has 106 valence electrons. The van der Waals surface area contributed by atoms with E-state index in [9.17, 15) is 9.90 Å². The number of methoxy groups -OCH3 is 1. The van der Waals surface area contributed by atoms with E-state index in [1.807, 2.05) is 6.92 Å². The van der Waals surface area contributed by atoms with Gasteiger partial charge < -0.3 is 19.9 Å². The lowest BCUT2D eigenvalue weighted by Gasteiger charge is -2.14. The molecule has 1 rings (SSSR count). The number of hydrogen-bond acceptors (Lipinski definition) is 4. The predicted octanol–water partition coefficient (Wildman–Crippen LogP) is 1.65. The highest BCUT2D eigenvalue weighted by Gasteiger charge is 2.12. The standard InChI is InChI=1S/C14H21NO4/c1-4-7-15-14(17)9-19-13-8-11(18-3)5-6-12(13)10(2)16/h5-6,8,10,16H,4,7,9H2,1-3H3,(H,15,17)/t10-/m1/s1. The molecule has 0 heterocycles. The lowest BCUT2D eigenvalue weighted by Crippen LogP contribution is -2.29. The summed E-state index contributed by atoms with van der Waals surface area (Å²) in [6.45, 7) is 4.18. The third kappa shape index (κ3) is 4.79. The van der Waals surface area contributed by atoms with Crippen LogP contribution in [0.15, 0.2) is 18.2 Å². The van der Waals surface area contributed by atoms with Crippen LogP contribution in [0.1, 0.15) is 31.9 Å². The summed E-state index contributed by atoms with van der Waals surface area (Å²) >= 11 is 0. The van der Waals surface area contributed by atoms with Gasteiger partial charge in [0.25, 0.3) is 5.91 Å². The van der Waals surface area contributed by atoms with Crippen molar-refractivity contribution >= 4 is 5.91 Å². The molecular weight excluding hydrogens is 246 g/mol. The van der Waals surface area contributed by atoms with Gasteiger partial charge in [-0.2, -0.15) is 0 Å². The minimum Gasteiger partial charge on any atom is -0.497 e. The topological polar surface area (TPSA) is 67.8 Å². The second-order valence-electron chi connectivity index (χ2n) is 4.22. The van der Waals surface area contributed by atoms with Gasteiger partial charge >= 0.3 is 0 Å². The van der Waals surface area contributed by atoms with Crippen molar-refractivity contribution < 1.29 is 19.4 Å². The lowest BCUT2D eigenvalue weighted by atomic mass is 10.1. The average molecular weight is 267 g/mol. The summed E-state index contributed by atoms with van der Waals surface area (Å²) in [4.78, 5) is 11.5. The largest absolute Gasteiger partial charge is 0.497 e. The van der Waals surface area contributed by atoms with Crippen molar-refractivity contribution in [2.75, 3.05) is 20.3 Å². The second-order valence-corrected chi connectivity index (χ2v) is 4.22. The van der Waals surface area contributed by atoms with Crippen LogP contribution in [0.5, 0.6) is 11.5 Å². The Hall–Kier alpha value is -1.75. The van der Waals surface area contributed by atoms with Gasteiger partial charge in [-0.3, -0.25) is 4.79 Å². The fourth-order valence-corrected chi connectivity index (χ4v) is 1.57. The first-order chi connectivity index (χ1) is 9.08. The van der Waals surface area contributed by atoms with Crippen LogP contribution in [-0.4, -0.2) is 31.3 Å². The molecule has 0 aliphatic heterocycles. The minimum absolute atomic E-state index is 0.0765. The highest BCUT2D eigenvalue weighted by Crippen LogP contribution is 2.29. The van der Waals surface area contributed by atoms with Gasteiger partial charge in [-0.1, -0.05) is 6.92 Å². The Morgan fingerprint density at radius 3 is 2.79 bits per heavy atom. The summed E-state index contributed by atoms with van der Waals surface area (Å²) in [7, 11) is 1.55. The molecule has 1 atom stereocenters. The molecular formula is C14H21NO4. The second kappa shape index (κ2) is 7.63. The molecule has 1 aromatic rings. The van der Waals surface area contributed by atoms with E-state index in [1.54, 1.807) is 32.2 Å². The summed E-state index contributed by atoms with van der Waals surface area (Å²) in [6.07, 6.45) is 0.212. The van der Waals surface area contributed by atoms with Crippen LogP contribution in [0, 0.1) is 0 Å². The lowest BCUT2D eigenvalue weighted by molar-refractivity contribution is -0.123. The SMILES string of the molecule is CCCNC(=O)COc1cc(OC)ccc1[C@@H](C)O. The molecule has 5 heteroatoms. The third-order valence-electron chi connectivity index (χ3n) is 2.60. The van der Waals surface area contributed by atoms with Crippen molar-refractivity contribution in [1.29, 1.82) is 0 Å². The summed E-state index contributed by atoms with van der Waals surface area (Å²) in [5.74, 6) is 0.899. The zero-order valence-corrected chi connectivity index (χ0v) is 11.6. The van der Waals surface area contributed by atoms with Crippen LogP contribution in [0.4, 0.5) is 0 Å². The number of nitrogens with one attached hydrogen (secondary N) is 1. The van der Waals surface area contributed by atoms with Crippen LogP contribution in [0.25, 0.3) is 0 Å². The summed E-state index contributed by atoms with van der Waals surface area (Å²) in [6, 6.07) is 5.13. The molecule has 0 saturated carbocycles. The molecule has 0 saturated heterocycles. The summed E-state index contributed by atoms with van der Waals surface area (Å²) in [5, 5.41) is 12.4. The monoisotopic (exact) mass is 267 g/mol. The van der Waals surface area contributed by atoms with Gasteiger partial charge in [0.05, 0.1) is 13.2 Å². The molecule has 0 bridgehead atoms. The third-order valence-corrected chi connectivity index (χ3v) is 2.60. The average Bonchev–Trinajstić information content (AvgIpc) is 2.42. The first-order valence-corrected chi connectivity index (χ1v) is 6.34. The Bertz CT molecular complexity index is 418. The van der Waals surface area contributed by atoms with Crippen molar-refractivity contribution in [1.82, 2.24) is 5.32 Å². The molecule has 1 aromatic carbocycles. The van der Waals surface area contributed by atoms with E-state index in [-0.39, 0.29) is 12.5 Å². The van der Waals surface area contributed by atoms with Gasteiger partial charge in [-0.15, -0.1) is 0 Å². The number of benzene rings is 1. The van der Waals surface area contributed by atoms with Gasteiger partial charge in [0.1, 0.15) is 11.5 Å². The number of aliphatic hydroxyl groups is 1. The Labute approximate surface area is 113 Å². The molecule has 2 N–H and O–H groups in total. The van der Waals surface area contributed by atoms with Gasteiger partial charge in [0.2, 0.25) is 0 Å². The van der Waals surface area contributed by atoms with Crippen LogP contribution >= 0.6 is 0 Å². The zero-order chi connectivity index (χ0) is 14.3. The Balaban J connectivity index is 2.72. The molecule has 0 unspecified atom stereocenters. The number of carbonyl (C=O) groups is 1. The van der Waals surface area contributed by atoms with E-state index in [0.717, 1.165) is 6.42 Å². The molecule has 19 heavy (non-hydrogen) atoms. The van der Waals surface area contributed by atoms with E-state index in [4.69, 9.17) is 9.47 Å². The van der Waals surface area contributed by atoms with E-state index in [2.05, 4.69) is 5.32 Å². The van der Waals surface area contributed by atoms with E-state index >= 15 is 0 Å². The first-order valence-electron chi connectivity index (χ1n) is 6.34. The fraction of sp³-hybridized carbons (Fsp3) is 0.500. The zero-order valence-electron chi connectivity index (χ0n) is 11.6. The molecule has 0 aromatic heterocycles. The highest BCUT2D eigenvalue weighted by atomic mass is 16.5. The number of carbonyl (C=O) groups excluding carboxylic acids is 1. The van der Waals surface area contributed by atoms with Gasteiger partial charge in [0, 0.05) is 18.2 Å². The van der Waals surface area contributed by atoms with Crippen LogP contribution in [-0.2, 0) is 4.79 Å². The number of ether oxygens (including phenoxy) is 2. The van der Waals surface area contributed by atoms with Gasteiger partial charge in [0.15, 0.2) is 6.61 Å². The van der Waals surface area contributed by atoms with E-state index in [1.165, 1.54) is 0 Å². The number of amides is 1. The first kappa shape index (κ1) is 15.3. The molecule has 5 nitrogen and oxygen atoms in total. The van der Waals surface area contributed by atoms with Crippen molar-refractivity contribution in [3.05, 3.63) is 23.8 Å². The van der Waals surface area contributed by atoms with Crippen LogP contribution < -0.4 is 14.8 Å². The van der Waals surface area contributed by atoms with E-state index in [0.29, 0.717) is 23.6 Å². The van der Waals surface area contributed by atoms with Crippen molar-refractivity contribution in [3.63, 3.8) is 0 Å². The summed E-state index contributed by atoms with van der Waals surface area (Å²) < 4.78 is 10.5.